The predicted octanol–water partition coefficient (Wildman–Crippen LogP) is 0.683. The van der Waals surface area contributed by atoms with Gasteiger partial charge < -0.3 is 4.18 Å². The smallest absolute Gasteiger partial charge is 0.370 e. The molecule has 84 valence electrons. The summed E-state index contributed by atoms with van der Waals surface area (Å²) in [5.74, 6) is -0.903. The third kappa shape index (κ3) is 3.36. The first-order valence-electron chi connectivity index (χ1n) is 3.43. The minimum absolute atomic E-state index is 0.445. The second-order valence-corrected chi connectivity index (χ2v) is 3.60. The van der Waals surface area contributed by atoms with Gasteiger partial charge in [0.25, 0.3) is 0 Å². The summed E-state index contributed by atoms with van der Waals surface area (Å²) >= 11 is 0. The molecule has 0 aliphatic carbocycles. The Balaban J connectivity index is 3.19. The molecule has 0 radical (unpaired) electrons. The van der Waals surface area contributed by atoms with E-state index >= 15 is 0 Å². The largest absolute Gasteiger partial charge is 0.421 e. The number of pyridine rings is 1. The average Bonchev–Trinajstić information content (AvgIpc) is 1.99. The van der Waals surface area contributed by atoms with Crippen LogP contribution in [-0.4, -0.2) is 13.4 Å². The summed E-state index contributed by atoms with van der Waals surface area (Å²) in [5, 5.41) is 4.44. The summed E-state index contributed by atoms with van der Waals surface area (Å²) < 4.78 is 61.6. The highest BCUT2D eigenvalue weighted by Crippen LogP contribution is 2.35. The molecule has 1 aromatic rings. The van der Waals surface area contributed by atoms with E-state index in [4.69, 9.17) is 0 Å². The van der Waals surface area contributed by atoms with E-state index in [1.54, 1.807) is 0 Å². The monoisotopic (exact) mass is 242 g/mol. The summed E-state index contributed by atoms with van der Waals surface area (Å²) in [6.45, 7) is 0. The zero-order chi connectivity index (χ0) is 11.7. The second-order valence-electron chi connectivity index (χ2n) is 2.45. The summed E-state index contributed by atoms with van der Waals surface area (Å²) in [4.78, 5) is 3.21. The van der Waals surface area contributed by atoms with E-state index in [1.165, 1.54) is 0 Å². The second kappa shape index (κ2) is 3.66. The molecule has 1 rings (SSSR count). The van der Waals surface area contributed by atoms with Gasteiger partial charge in [-0.3, -0.25) is 4.98 Å². The Morgan fingerprint density at radius 1 is 1.40 bits per heavy atom. The van der Waals surface area contributed by atoms with Gasteiger partial charge in [-0.1, -0.05) is 0 Å². The SMILES string of the molecule is NS(=O)(=O)Oc1ccncc1C(F)(F)F. The molecule has 0 aliphatic heterocycles. The maximum atomic E-state index is 12.3. The Labute approximate surface area is 82.9 Å². The molecule has 0 spiro atoms. The number of halogens is 3. The molecule has 9 heteroatoms. The first-order valence-corrected chi connectivity index (χ1v) is 4.91. The lowest BCUT2D eigenvalue weighted by atomic mass is 10.2. The Hall–Kier alpha value is -1.35. The standard InChI is InChI=1S/C6H5F3N2O3S/c7-6(8,9)4-3-11-2-1-5(4)14-15(10,12)13/h1-3H,(H2,10,12,13). The van der Waals surface area contributed by atoms with Crippen LogP contribution in [0.2, 0.25) is 0 Å². The van der Waals surface area contributed by atoms with Crippen LogP contribution < -0.4 is 9.32 Å². The van der Waals surface area contributed by atoms with E-state index in [0.717, 1.165) is 12.3 Å². The third-order valence-corrected chi connectivity index (χ3v) is 1.70. The van der Waals surface area contributed by atoms with Gasteiger partial charge in [0, 0.05) is 18.5 Å². The van der Waals surface area contributed by atoms with Crippen molar-refractivity contribution in [3.05, 3.63) is 24.0 Å². The molecular weight excluding hydrogens is 237 g/mol. The van der Waals surface area contributed by atoms with Crippen LogP contribution in [0.15, 0.2) is 18.5 Å². The van der Waals surface area contributed by atoms with Crippen LogP contribution in [-0.2, 0) is 16.5 Å². The van der Waals surface area contributed by atoms with Crippen molar-refractivity contribution in [1.82, 2.24) is 4.98 Å². The van der Waals surface area contributed by atoms with E-state index in [-0.39, 0.29) is 0 Å². The van der Waals surface area contributed by atoms with E-state index in [2.05, 4.69) is 14.3 Å². The maximum Gasteiger partial charge on any atom is 0.421 e. The van der Waals surface area contributed by atoms with Gasteiger partial charge in [0.15, 0.2) is 5.75 Å². The van der Waals surface area contributed by atoms with Crippen LogP contribution in [0.5, 0.6) is 5.75 Å². The predicted molar refractivity (Wildman–Crippen MR) is 43.0 cm³/mol. The van der Waals surface area contributed by atoms with Crippen molar-refractivity contribution >= 4 is 10.3 Å². The van der Waals surface area contributed by atoms with Gasteiger partial charge in [-0.2, -0.15) is 26.7 Å². The molecule has 5 nitrogen and oxygen atoms in total. The fourth-order valence-electron chi connectivity index (χ4n) is 0.792. The number of nitrogens with zero attached hydrogens (tertiary/aromatic N) is 1. The lowest BCUT2D eigenvalue weighted by molar-refractivity contribution is -0.138. The van der Waals surface area contributed by atoms with Gasteiger partial charge in [-0.25, -0.2) is 0 Å². The van der Waals surface area contributed by atoms with Crippen LogP contribution >= 0.6 is 0 Å². The molecule has 0 bridgehead atoms. The van der Waals surface area contributed by atoms with Crippen LogP contribution in [0.4, 0.5) is 13.2 Å². The Morgan fingerprint density at radius 2 is 2.00 bits per heavy atom. The maximum absolute atomic E-state index is 12.3. The minimum atomic E-state index is -4.76. The van der Waals surface area contributed by atoms with Crippen molar-refractivity contribution in [3.8, 4) is 5.75 Å². The van der Waals surface area contributed by atoms with Crippen LogP contribution in [0.25, 0.3) is 0 Å². The molecule has 2 N–H and O–H groups in total. The van der Waals surface area contributed by atoms with Crippen molar-refractivity contribution in [2.45, 2.75) is 6.18 Å². The van der Waals surface area contributed by atoms with Gasteiger partial charge in [0.2, 0.25) is 0 Å². The highest BCUT2D eigenvalue weighted by Gasteiger charge is 2.35. The molecule has 1 heterocycles. The summed E-state index contributed by atoms with van der Waals surface area (Å²) in [6, 6.07) is 0.757. The molecule has 0 saturated carbocycles. The Kier molecular flexibility index (Phi) is 2.86. The van der Waals surface area contributed by atoms with E-state index < -0.39 is 27.8 Å². The van der Waals surface area contributed by atoms with Gasteiger partial charge in [0.1, 0.15) is 5.56 Å². The fraction of sp³-hybridized carbons (Fsp3) is 0.167. The fourth-order valence-corrected chi connectivity index (χ4v) is 1.19. The van der Waals surface area contributed by atoms with Crippen LogP contribution in [0, 0.1) is 0 Å². The summed E-state index contributed by atoms with van der Waals surface area (Å²) in [7, 11) is -4.49. The molecule has 0 fully saturated rings. The van der Waals surface area contributed by atoms with E-state index in [0.29, 0.717) is 6.20 Å². The highest BCUT2D eigenvalue weighted by atomic mass is 32.2. The van der Waals surface area contributed by atoms with Gasteiger partial charge in [-0.05, 0) is 0 Å². The summed E-state index contributed by atoms with van der Waals surface area (Å²) in [5.41, 5.74) is -1.31. The number of hydrogen-bond acceptors (Lipinski definition) is 4. The number of nitrogens with two attached hydrogens (primary N) is 1. The molecule has 0 aliphatic rings. The summed E-state index contributed by atoms with van der Waals surface area (Å²) in [6.07, 6.45) is -3.36. The lowest BCUT2D eigenvalue weighted by Crippen LogP contribution is -2.21. The molecule has 0 saturated heterocycles. The minimum Gasteiger partial charge on any atom is -0.370 e. The number of hydrogen-bond donors (Lipinski definition) is 1. The molecule has 0 amide bonds. The van der Waals surface area contributed by atoms with Crippen molar-refractivity contribution < 1.29 is 25.8 Å². The van der Waals surface area contributed by atoms with Crippen molar-refractivity contribution in [1.29, 1.82) is 0 Å². The van der Waals surface area contributed by atoms with Crippen molar-refractivity contribution in [3.63, 3.8) is 0 Å². The first-order chi connectivity index (χ1) is 6.70. The molecule has 1 aromatic heterocycles. The molecule has 0 atom stereocenters. The average molecular weight is 242 g/mol. The Bertz CT molecular complexity index is 457. The number of alkyl halides is 3. The lowest BCUT2D eigenvalue weighted by Gasteiger charge is -2.10. The van der Waals surface area contributed by atoms with Gasteiger partial charge >= 0.3 is 16.5 Å². The molecule has 15 heavy (non-hydrogen) atoms. The van der Waals surface area contributed by atoms with Crippen LogP contribution in [0.3, 0.4) is 0 Å². The zero-order valence-electron chi connectivity index (χ0n) is 7.02. The molecule has 0 unspecified atom stereocenters. The normalized spacial score (nSPS) is 12.5. The first kappa shape index (κ1) is 11.7. The van der Waals surface area contributed by atoms with E-state index in [9.17, 15) is 21.6 Å². The Morgan fingerprint density at radius 3 is 2.47 bits per heavy atom. The van der Waals surface area contributed by atoms with Gasteiger partial charge in [0.05, 0.1) is 0 Å². The highest BCUT2D eigenvalue weighted by molar-refractivity contribution is 7.84. The molecular formula is C6H5F3N2O3S. The zero-order valence-corrected chi connectivity index (χ0v) is 7.84. The third-order valence-electron chi connectivity index (χ3n) is 1.29. The van der Waals surface area contributed by atoms with E-state index in [1.807, 2.05) is 0 Å². The van der Waals surface area contributed by atoms with Crippen molar-refractivity contribution in [2.24, 2.45) is 5.14 Å². The van der Waals surface area contributed by atoms with Crippen molar-refractivity contribution in [2.75, 3.05) is 0 Å². The van der Waals surface area contributed by atoms with Crippen LogP contribution in [0.1, 0.15) is 5.56 Å². The number of rotatable bonds is 2. The topological polar surface area (TPSA) is 82.3 Å². The van der Waals surface area contributed by atoms with Gasteiger partial charge in [-0.15, -0.1) is 0 Å². The molecule has 0 aromatic carbocycles. The number of aromatic nitrogens is 1. The quantitative estimate of drug-likeness (QED) is 0.826.